The molecule has 1 aromatic rings. The van der Waals surface area contributed by atoms with Crippen LogP contribution in [0.4, 0.5) is 17.6 Å². The first-order chi connectivity index (χ1) is 8.12. The zero-order chi connectivity index (χ0) is 14.2. The van der Waals surface area contributed by atoms with Crippen LogP contribution in [0.5, 0.6) is 0 Å². The molecule has 0 saturated heterocycles. The summed E-state index contributed by atoms with van der Waals surface area (Å²) in [5, 5.41) is 0. The van der Waals surface area contributed by atoms with E-state index in [4.69, 9.17) is 6.42 Å². The molecular weight excluding hydrogens is 260 g/mol. The predicted molar refractivity (Wildman–Crippen MR) is 65.7 cm³/mol. The highest BCUT2D eigenvalue weighted by molar-refractivity contribution is 6.78. The molecule has 0 aromatic heterocycles. The summed E-state index contributed by atoms with van der Waals surface area (Å²) < 4.78 is 54.4. The smallest absolute Gasteiger partial charge is 0.166 e. The van der Waals surface area contributed by atoms with E-state index in [0.717, 1.165) is 0 Å². The molecule has 0 aliphatic heterocycles. The monoisotopic (exact) mass is 273 g/mol. The molecule has 0 aliphatic rings. The predicted octanol–water partition coefficient (Wildman–Crippen LogP) is 4.02. The molecule has 1 radical (unpaired) electrons. The molecule has 0 fully saturated rings. The largest absolute Gasteiger partial charge is 0.203 e. The average Bonchev–Trinajstić information content (AvgIpc) is 2.27. The lowest BCUT2D eigenvalue weighted by atomic mass is 10.1. The molecule has 1 aromatic carbocycles. The standard InChI is InChI=1S/C13H13F4Si/c1-6-8(18(3,4)5)9-12(16)10(14)7(2)11(15)13(9)17/h1,8H,2H2,3-5H3. The molecule has 0 spiro atoms. The Bertz CT molecular complexity index is 494. The number of benzene rings is 1. The van der Waals surface area contributed by atoms with Crippen LogP contribution in [-0.4, -0.2) is 8.07 Å². The summed E-state index contributed by atoms with van der Waals surface area (Å²) in [6, 6.07) is 0. The molecule has 0 N–H and O–H groups in total. The normalized spacial score (nSPS) is 13.3. The fourth-order valence-corrected chi connectivity index (χ4v) is 3.33. The highest BCUT2D eigenvalue weighted by Gasteiger charge is 2.35. The minimum Gasteiger partial charge on any atom is -0.203 e. The molecule has 0 aliphatic carbocycles. The maximum absolute atomic E-state index is 13.8. The van der Waals surface area contributed by atoms with E-state index in [0.29, 0.717) is 0 Å². The third-order valence-corrected chi connectivity index (χ3v) is 4.90. The van der Waals surface area contributed by atoms with Crippen molar-refractivity contribution in [1.29, 1.82) is 0 Å². The molecule has 0 amide bonds. The summed E-state index contributed by atoms with van der Waals surface area (Å²) in [6.45, 7) is 8.26. The van der Waals surface area contributed by atoms with Gasteiger partial charge in [0.25, 0.3) is 0 Å². The minimum absolute atomic E-state index is 0.695. The van der Waals surface area contributed by atoms with Crippen LogP contribution in [0, 0.1) is 42.5 Å². The van der Waals surface area contributed by atoms with E-state index in [1.165, 1.54) is 0 Å². The van der Waals surface area contributed by atoms with Crippen molar-refractivity contribution >= 4 is 8.07 Å². The van der Waals surface area contributed by atoms with Crippen molar-refractivity contribution < 1.29 is 17.6 Å². The number of terminal acetylenes is 1. The lowest BCUT2D eigenvalue weighted by Gasteiger charge is -2.25. The van der Waals surface area contributed by atoms with Crippen molar-refractivity contribution in [1.82, 2.24) is 0 Å². The van der Waals surface area contributed by atoms with Crippen molar-refractivity contribution in [2.24, 2.45) is 0 Å². The highest BCUT2D eigenvalue weighted by atomic mass is 28.3. The van der Waals surface area contributed by atoms with Crippen LogP contribution < -0.4 is 0 Å². The van der Waals surface area contributed by atoms with Crippen molar-refractivity contribution in [2.45, 2.75) is 25.2 Å². The number of rotatable bonds is 2. The highest BCUT2D eigenvalue weighted by Crippen LogP contribution is 2.34. The van der Waals surface area contributed by atoms with Gasteiger partial charge in [-0.2, -0.15) is 0 Å². The Labute approximate surface area is 105 Å². The average molecular weight is 273 g/mol. The van der Waals surface area contributed by atoms with Gasteiger partial charge < -0.3 is 0 Å². The fourth-order valence-electron chi connectivity index (χ4n) is 1.71. The topological polar surface area (TPSA) is 0 Å². The second-order valence-electron chi connectivity index (χ2n) is 5.11. The summed E-state index contributed by atoms with van der Waals surface area (Å²) in [4.78, 5) is 0. The van der Waals surface area contributed by atoms with E-state index in [-0.39, 0.29) is 0 Å². The molecule has 0 saturated carbocycles. The first kappa shape index (κ1) is 14.8. The van der Waals surface area contributed by atoms with Gasteiger partial charge in [-0.15, -0.1) is 12.3 Å². The lowest BCUT2D eigenvalue weighted by molar-refractivity contribution is 0.436. The van der Waals surface area contributed by atoms with Gasteiger partial charge in [-0.3, -0.25) is 0 Å². The molecule has 1 unspecified atom stereocenters. The van der Waals surface area contributed by atoms with E-state index in [1.807, 2.05) is 0 Å². The number of hydrogen-bond donors (Lipinski definition) is 0. The van der Waals surface area contributed by atoms with Gasteiger partial charge >= 0.3 is 0 Å². The second-order valence-corrected chi connectivity index (χ2v) is 10.4. The molecule has 1 atom stereocenters. The zero-order valence-corrected chi connectivity index (χ0v) is 11.4. The van der Waals surface area contributed by atoms with E-state index in [9.17, 15) is 17.6 Å². The van der Waals surface area contributed by atoms with Crippen molar-refractivity contribution in [3.63, 3.8) is 0 Å². The Hall–Kier alpha value is -1.28. The number of hydrogen-bond acceptors (Lipinski definition) is 0. The summed E-state index contributed by atoms with van der Waals surface area (Å²) in [7, 11) is -2.22. The summed E-state index contributed by atoms with van der Waals surface area (Å²) >= 11 is 0. The second kappa shape index (κ2) is 4.77. The molecule has 1 rings (SSSR count). The lowest BCUT2D eigenvalue weighted by Crippen LogP contribution is -2.32. The van der Waals surface area contributed by atoms with Crippen LogP contribution in [0.25, 0.3) is 0 Å². The molecule has 0 bridgehead atoms. The summed E-state index contributed by atoms with van der Waals surface area (Å²) in [5.41, 5.74) is -2.55. The van der Waals surface area contributed by atoms with Gasteiger partial charge in [-0.1, -0.05) is 19.6 Å². The van der Waals surface area contributed by atoms with Crippen molar-refractivity contribution in [3.8, 4) is 12.3 Å². The van der Waals surface area contributed by atoms with Crippen LogP contribution in [0.2, 0.25) is 19.6 Å². The van der Waals surface area contributed by atoms with Gasteiger partial charge in [0.2, 0.25) is 0 Å². The Balaban J connectivity index is 3.66. The van der Waals surface area contributed by atoms with E-state index < -0.39 is 48.0 Å². The van der Waals surface area contributed by atoms with E-state index in [2.05, 4.69) is 12.8 Å². The third-order valence-electron chi connectivity index (χ3n) is 2.71. The zero-order valence-electron chi connectivity index (χ0n) is 10.4. The summed E-state index contributed by atoms with van der Waals surface area (Å²) in [6.07, 6.45) is 5.26. The Morgan fingerprint density at radius 2 is 1.39 bits per heavy atom. The first-order valence-corrected chi connectivity index (χ1v) is 8.84. The molecule has 18 heavy (non-hydrogen) atoms. The SMILES string of the molecule is C#CC(c1c(F)c(F)c([CH2])c(F)c1F)[Si](C)(C)C. The van der Waals surface area contributed by atoms with Crippen LogP contribution in [0.3, 0.4) is 0 Å². The van der Waals surface area contributed by atoms with Gasteiger partial charge in [0.1, 0.15) is 0 Å². The van der Waals surface area contributed by atoms with E-state index >= 15 is 0 Å². The van der Waals surface area contributed by atoms with Crippen LogP contribution >= 0.6 is 0 Å². The Morgan fingerprint density at radius 1 is 1.00 bits per heavy atom. The summed E-state index contributed by atoms with van der Waals surface area (Å²) in [5.74, 6) is -3.61. The maximum Gasteiger partial charge on any atom is 0.166 e. The minimum atomic E-state index is -2.22. The number of halogens is 4. The van der Waals surface area contributed by atoms with Crippen LogP contribution in [0.1, 0.15) is 16.7 Å². The van der Waals surface area contributed by atoms with Crippen LogP contribution in [0.15, 0.2) is 0 Å². The molecule has 0 nitrogen and oxygen atoms in total. The van der Waals surface area contributed by atoms with Gasteiger partial charge in [-0.05, 0) is 6.92 Å². The fraction of sp³-hybridized carbons (Fsp3) is 0.308. The van der Waals surface area contributed by atoms with Gasteiger partial charge in [0.05, 0.1) is 8.07 Å². The molecule has 97 valence electrons. The Kier molecular flexibility index (Phi) is 3.91. The van der Waals surface area contributed by atoms with Gasteiger partial charge in [0, 0.05) is 16.7 Å². The van der Waals surface area contributed by atoms with Gasteiger partial charge in [-0.25, -0.2) is 17.6 Å². The Morgan fingerprint density at radius 3 is 1.67 bits per heavy atom. The molecule has 5 heteroatoms. The van der Waals surface area contributed by atoms with Crippen molar-refractivity contribution in [3.05, 3.63) is 41.3 Å². The van der Waals surface area contributed by atoms with Gasteiger partial charge in [0.15, 0.2) is 23.3 Å². The third kappa shape index (κ3) is 2.30. The molecule has 0 heterocycles. The first-order valence-electron chi connectivity index (χ1n) is 5.26. The van der Waals surface area contributed by atoms with E-state index in [1.54, 1.807) is 19.6 Å². The maximum atomic E-state index is 13.8. The van der Waals surface area contributed by atoms with Crippen molar-refractivity contribution in [2.75, 3.05) is 0 Å². The quantitative estimate of drug-likeness (QED) is 0.330. The molecular formula is C13H13F4Si. The van der Waals surface area contributed by atoms with Crippen LogP contribution in [-0.2, 0) is 0 Å².